The fourth-order valence-corrected chi connectivity index (χ4v) is 3.37. The van der Waals surface area contributed by atoms with Gasteiger partial charge in [0.15, 0.2) is 5.75 Å². The lowest BCUT2D eigenvalue weighted by atomic mass is 9.83. The Hall–Kier alpha value is -1.29. The molecule has 1 aromatic heterocycles. The summed E-state index contributed by atoms with van der Waals surface area (Å²) in [5.74, 6) is 1.45. The van der Waals surface area contributed by atoms with Crippen LogP contribution in [0.15, 0.2) is 12.3 Å². The number of pyridine rings is 1. The largest absolute Gasteiger partial charge is 0.493 e. The molecule has 1 heterocycles. The Balaban J connectivity index is 2.33. The number of hydrogen-bond donors (Lipinski definition) is 1. The summed E-state index contributed by atoms with van der Waals surface area (Å²) in [5.41, 5.74) is 8.18. The summed E-state index contributed by atoms with van der Waals surface area (Å²) >= 11 is 0. The summed E-state index contributed by atoms with van der Waals surface area (Å²) in [6.45, 7) is 5.98. The highest BCUT2D eigenvalue weighted by atomic mass is 16.5. The van der Waals surface area contributed by atoms with E-state index in [0.29, 0.717) is 12.0 Å². The van der Waals surface area contributed by atoms with Gasteiger partial charge in [0.2, 0.25) is 0 Å². The second kappa shape index (κ2) is 6.93. The predicted octanol–water partition coefficient (Wildman–Crippen LogP) is 2.74. The topological polar surface area (TPSA) is 51.4 Å². The van der Waals surface area contributed by atoms with Crippen LogP contribution in [0.4, 0.5) is 5.69 Å². The van der Waals surface area contributed by atoms with Crippen molar-refractivity contribution in [3.63, 3.8) is 0 Å². The molecule has 0 spiro atoms. The Morgan fingerprint density at radius 2 is 2.15 bits per heavy atom. The third-order valence-electron chi connectivity index (χ3n) is 4.43. The Labute approximate surface area is 122 Å². The lowest BCUT2D eigenvalue weighted by molar-refractivity contribution is 0.298. The summed E-state index contributed by atoms with van der Waals surface area (Å²) in [4.78, 5) is 6.80. The molecule has 1 aromatic rings. The maximum Gasteiger partial charge on any atom is 0.160 e. The van der Waals surface area contributed by atoms with Gasteiger partial charge in [-0.15, -0.1) is 0 Å². The molecule has 20 heavy (non-hydrogen) atoms. The van der Waals surface area contributed by atoms with Gasteiger partial charge >= 0.3 is 0 Å². The molecule has 1 aliphatic carbocycles. The van der Waals surface area contributed by atoms with Gasteiger partial charge in [-0.3, -0.25) is 4.98 Å². The molecule has 1 aliphatic rings. The molecule has 2 atom stereocenters. The van der Waals surface area contributed by atoms with E-state index in [1.165, 1.54) is 25.7 Å². The van der Waals surface area contributed by atoms with Crippen molar-refractivity contribution in [2.75, 3.05) is 25.1 Å². The molecule has 0 saturated heterocycles. The summed E-state index contributed by atoms with van der Waals surface area (Å²) in [6.07, 6.45) is 6.89. The van der Waals surface area contributed by atoms with Crippen LogP contribution in [-0.4, -0.2) is 31.2 Å². The molecular weight excluding hydrogens is 250 g/mol. The minimum atomic E-state index is 0.523. The van der Waals surface area contributed by atoms with Crippen molar-refractivity contribution in [3.8, 4) is 5.75 Å². The molecule has 2 N–H and O–H groups in total. The molecule has 112 valence electrons. The number of methoxy groups -OCH3 is 1. The van der Waals surface area contributed by atoms with Crippen molar-refractivity contribution in [1.82, 2.24) is 4.98 Å². The number of hydrogen-bond acceptors (Lipinski definition) is 4. The Kier molecular flexibility index (Phi) is 5.24. The van der Waals surface area contributed by atoms with Gasteiger partial charge in [0, 0.05) is 18.3 Å². The van der Waals surface area contributed by atoms with Crippen molar-refractivity contribution in [3.05, 3.63) is 18.0 Å². The smallest absolute Gasteiger partial charge is 0.160 e. The van der Waals surface area contributed by atoms with E-state index in [1.807, 2.05) is 13.1 Å². The van der Waals surface area contributed by atoms with E-state index in [9.17, 15) is 0 Å². The van der Waals surface area contributed by atoms with E-state index >= 15 is 0 Å². The molecule has 0 aliphatic heterocycles. The Bertz CT molecular complexity index is 436. The first kappa shape index (κ1) is 15.1. The van der Waals surface area contributed by atoms with Crippen molar-refractivity contribution in [2.45, 2.75) is 45.6 Å². The molecule has 4 heteroatoms. The van der Waals surface area contributed by atoms with Gasteiger partial charge in [-0.25, -0.2) is 0 Å². The van der Waals surface area contributed by atoms with E-state index < -0.39 is 0 Å². The first-order valence-corrected chi connectivity index (χ1v) is 7.68. The average Bonchev–Trinajstić information content (AvgIpc) is 2.49. The van der Waals surface area contributed by atoms with Gasteiger partial charge in [0.1, 0.15) is 0 Å². The van der Waals surface area contributed by atoms with Crippen molar-refractivity contribution < 1.29 is 4.74 Å². The molecule has 1 fully saturated rings. The Morgan fingerprint density at radius 1 is 1.40 bits per heavy atom. The first-order valence-electron chi connectivity index (χ1n) is 7.68. The lowest BCUT2D eigenvalue weighted by Gasteiger charge is -2.41. The number of rotatable bonds is 5. The fraction of sp³-hybridized carbons (Fsp3) is 0.688. The summed E-state index contributed by atoms with van der Waals surface area (Å²) < 4.78 is 5.51. The minimum absolute atomic E-state index is 0.523. The molecule has 0 radical (unpaired) electrons. The van der Waals surface area contributed by atoms with Crippen LogP contribution >= 0.6 is 0 Å². The van der Waals surface area contributed by atoms with Gasteiger partial charge in [-0.2, -0.15) is 0 Å². The molecule has 0 amide bonds. The van der Waals surface area contributed by atoms with Crippen LogP contribution in [0.25, 0.3) is 0 Å². The zero-order valence-electron chi connectivity index (χ0n) is 12.9. The SMILES string of the molecule is CCN(c1cc(C)ncc1OC)C1CCCCC1CN. The van der Waals surface area contributed by atoms with Gasteiger partial charge in [-0.05, 0) is 45.2 Å². The number of ether oxygens (including phenoxy) is 1. The number of anilines is 1. The minimum Gasteiger partial charge on any atom is -0.493 e. The number of nitrogens with two attached hydrogens (primary N) is 1. The van der Waals surface area contributed by atoms with Crippen LogP contribution in [-0.2, 0) is 0 Å². The first-order chi connectivity index (χ1) is 9.71. The van der Waals surface area contributed by atoms with Crippen LogP contribution in [0.1, 0.15) is 38.3 Å². The van der Waals surface area contributed by atoms with Gasteiger partial charge in [0.25, 0.3) is 0 Å². The van der Waals surface area contributed by atoms with Crippen molar-refractivity contribution >= 4 is 5.69 Å². The molecular formula is C16H27N3O. The molecule has 0 bridgehead atoms. The van der Waals surface area contributed by atoms with Gasteiger partial charge in [-0.1, -0.05) is 12.8 Å². The molecule has 0 aromatic carbocycles. The highest BCUT2D eigenvalue weighted by Gasteiger charge is 2.30. The highest BCUT2D eigenvalue weighted by molar-refractivity contribution is 5.59. The van der Waals surface area contributed by atoms with Crippen molar-refractivity contribution in [2.24, 2.45) is 11.7 Å². The third kappa shape index (κ3) is 3.06. The second-order valence-electron chi connectivity index (χ2n) is 5.63. The Morgan fingerprint density at radius 3 is 2.80 bits per heavy atom. The quantitative estimate of drug-likeness (QED) is 0.899. The van der Waals surface area contributed by atoms with Gasteiger partial charge < -0.3 is 15.4 Å². The van der Waals surface area contributed by atoms with E-state index in [2.05, 4.69) is 22.9 Å². The van der Waals surface area contributed by atoms with Crippen LogP contribution in [0.3, 0.4) is 0 Å². The molecule has 1 saturated carbocycles. The van der Waals surface area contributed by atoms with E-state index in [1.54, 1.807) is 7.11 Å². The standard InChI is InChI=1S/C16H27N3O/c1-4-19(14-8-6-5-7-13(14)10-17)15-9-12(2)18-11-16(15)20-3/h9,11,13-14H,4-8,10,17H2,1-3H3. The molecule has 4 nitrogen and oxygen atoms in total. The molecule has 2 unspecified atom stereocenters. The normalized spacial score (nSPS) is 22.6. The third-order valence-corrected chi connectivity index (χ3v) is 4.43. The maximum absolute atomic E-state index is 5.99. The van der Waals surface area contributed by atoms with E-state index in [4.69, 9.17) is 10.5 Å². The summed E-state index contributed by atoms with van der Waals surface area (Å²) in [6, 6.07) is 2.65. The van der Waals surface area contributed by atoms with Crippen LogP contribution in [0, 0.1) is 12.8 Å². The number of aromatic nitrogens is 1. The molecule has 2 rings (SSSR count). The predicted molar refractivity (Wildman–Crippen MR) is 83.3 cm³/mol. The summed E-state index contributed by atoms with van der Waals surface area (Å²) in [5, 5.41) is 0. The number of nitrogens with zero attached hydrogens (tertiary/aromatic N) is 2. The highest BCUT2D eigenvalue weighted by Crippen LogP contribution is 2.35. The van der Waals surface area contributed by atoms with E-state index in [0.717, 1.165) is 30.2 Å². The fourth-order valence-electron chi connectivity index (χ4n) is 3.37. The van der Waals surface area contributed by atoms with Gasteiger partial charge in [0.05, 0.1) is 19.0 Å². The zero-order chi connectivity index (χ0) is 14.5. The lowest BCUT2D eigenvalue weighted by Crippen LogP contribution is -2.45. The summed E-state index contributed by atoms with van der Waals surface area (Å²) in [7, 11) is 1.71. The maximum atomic E-state index is 5.99. The second-order valence-corrected chi connectivity index (χ2v) is 5.63. The van der Waals surface area contributed by atoms with Crippen LogP contribution < -0.4 is 15.4 Å². The zero-order valence-corrected chi connectivity index (χ0v) is 12.9. The van der Waals surface area contributed by atoms with Crippen molar-refractivity contribution in [1.29, 1.82) is 0 Å². The number of aryl methyl sites for hydroxylation is 1. The average molecular weight is 277 g/mol. The van der Waals surface area contributed by atoms with E-state index in [-0.39, 0.29) is 0 Å². The van der Waals surface area contributed by atoms with Crippen LogP contribution in [0.2, 0.25) is 0 Å². The van der Waals surface area contributed by atoms with Crippen LogP contribution in [0.5, 0.6) is 5.75 Å². The monoisotopic (exact) mass is 277 g/mol.